The summed E-state index contributed by atoms with van der Waals surface area (Å²) in [5.41, 5.74) is 0.918. The molecule has 5 heteroatoms. The smallest absolute Gasteiger partial charge is 0.311 e. The van der Waals surface area contributed by atoms with Crippen LogP contribution in [-0.4, -0.2) is 16.1 Å². The second kappa shape index (κ2) is 6.84. The van der Waals surface area contributed by atoms with Gasteiger partial charge in [0.1, 0.15) is 0 Å². The van der Waals surface area contributed by atoms with E-state index in [4.69, 9.17) is 9.26 Å². The van der Waals surface area contributed by atoms with E-state index in [0.29, 0.717) is 11.7 Å². The summed E-state index contributed by atoms with van der Waals surface area (Å²) in [4.78, 5) is 16.0. The molecule has 2 aromatic rings. The predicted octanol–water partition coefficient (Wildman–Crippen LogP) is 2.87. The zero-order chi connectivity index (χ0) is 14.4. The van der Waals surface area contributed by atoms with Gasteiger partial charge in [-0.15, -0.1) is 0 Å². The lowest BCUT2D eigenvalue weighted by Gasteiger charge is -2.08. The van der Waals surface area contributed by atoms with Crippen molar-refractivity contribution in [1.82, 2.24) is 10.1 Å². The molecule has 5 nitrogen and oxygen atoms in total. The molecule has 1 heterocycles. The standard InChI is InChI=1S/C15H18N2O3/c1-3-7-13-16-15(20-17-13)11(2)19-14(18)10-12-8-5-4-6-9-12/h4-6,8-9,11H,3,7,10H2,1-2H3. The van der Waals surface area contributed by atoms with Crippen LogP contribution >= 0.6 is 0 Å². The van der Waals surface area contributed by atoms with E-state index in [9.17, 15) is 4.79 Å². The molecule has 0 spiro atoms. The summed E-state index contributed by atoms with van der Waals surface area (Å²) < 4.78 is 10.4. The van der Waals surface area contributed by atoms with E-state index in [2.05, 4.69) is 10.1 Å². The average Bonchev–Trinajstić information content (AvgIpc) is 2.89. The normalized spacial score (nSPS) is 12.1. The summed E-state index contributed by atoms with van der Waals surface area (Å²) in [6.07, 6.45) is 1.42. The van der Waals surface area contributed by atoms with Gasteiger partial charge in [-0.25, -0.2) is 0 Å². The molecule has 20 heavy (non-hydrogen) atoms. The molecule has 0 saturated heterocycles. The minimum absolute atomic E-state index is 0.237. The maximum atomic E-state index is 11.8. The molecule has 1 unspecified atom stereocenters. The Balaban J connectivity index is 1.89. The number of esters is 1. The Kier molecular flexibility index (Phi) is 4.87. The van der Waals surface area contributed by atoms with Crippen LogP contribution in [0.3, 0.4) is 0 Å². The molecule has 1 aromatic carbocycles. The van der Waals surface area contributed by atoms with Crippen LogP contribution in [0.15, 0.2) is 34.9 Å². The van der Waals surface area contributed by atoms with Crippen LogP contribution < -0.4 is 0 Å². The van der Waals surface area contributed by atoms with Gasteiger partial charge in [-0.3, -0.25) is 4.79 Å². The van der Waals surface area contributed by atoms with E-state index in [0.717, 1.165) is 18.4 Å². The first kappa shape index (κ1) is 14.2. The van der Waals surface area contributed by atoms with Crippen LogP contribution in [0, 0.1) is 0 Å². The Morgan fingerprint density at radius 1 is 1.35 bits per heavy atom. The maximum Gasteiger partial charge on any atom is 0.311 e. The largest absolute Gasteiger partial charge is 0.452 e. The van der Waals surface area contributed by atoms with E-state index in [1.165, 1.54) is 0 Å². The fourth-order valence-corrected chi connectivity index (χ4v) is 1.81. The van der Waals surface area contributed by atoms with Gasteiger partial charge >= 0.3 is 5.97 Å². The molecule has 0 radical (unpaired) electrons. The number of carbonyl (C=O) groups excluding carboxylic acids is 1. The van der Waals surface area contributed by atoms with Crippen molar-refractivity contribution < 1.29 is 14.1 Å². The number of nitrogens with zero attached hydrogens (tertiary/aromatic N) is 2. The second-order valence-electron chi connectivity index (χ2n) is 4.59. The van der Waals surface area contributed by atoms with Crippen LogP contribution in [-0.2, 0) is 22.4 Å². The monoisotopic (exact) mass is 274 g/mol. The van der Waals surface area contributed by atoms with Gasteiger partial charge in [0.2, 0.25) is 0 Å². The third-order valence-corrected chi connectivity index (χ3v) is 2.80. The third kappa shape index (κ3) is 3.91. The van der Waals surface area contributed by atoms with Gasteiger partial charge in [0, 0.05) is 6.42 Å². The molecular formula is C15H18N2O3. The molecule has 0 amide bonds. The van der Waals surface area contributed by atoms with E-state index in [1.807, 2.05) is 37.3 Å². The highest BCUT2D eigenvalue weighted by Crippen LogP contribution is 2.16. The first-order chi connectivity index (χ1) is 9.69. The van der Waals surface area contributed by atoms with Crippen molar-refractivity contribution in [1.29, 1.82) is 0 Å². The fourth-order valence-electron chi connectivity index (χ4n) is 1.81. The summed E-state index contributed by atoms with van der Waals surface area (Å²) in [6, 6.07) is 9.46. The number of aryl methyl sites for hydroxylation is 1. The van der Waals surface area contributed by atoms with E-state index in [-0.39, 0.29) is 12.4 Å². The molecule has 0 N–H and O–H groups in total. The molecule has 106 valence electrons. The topological polar surface area (TPSA) is 65.2 Å². The number of rotatable bonds is 6. The van der Waals surface area contributed by atoms with E-state index >= 15 is 0 Å². The van der Waals surface area contributed by atoms with Crippen molar-refractivity contribution in [2.45, 2.75) is 39.2 Å². The third-order valence-electron chi connectivity index (χ3n) is 2.80. The average molecular weight is 274 g/mol. The van der Waals surface area contributed by atoms with Gasteiger partial charge in [-0.05, 0) is 18.9 Å². The van der Waals surface area contributed by atoms with Crippen molar-refractivity contribution >= 4 is 5.97 Å². The van der Waals surface area contributed by atoms with Crippen molar-refractivity contribution in [2.24, 2.45) is 0 Å². The summed E-state index contributed by atoms with van der Waals surface area (Å²) in [7, 11) is 0. The van der Waals surface area contributed by atoms with Crippen LogP contribution in [0.25, 0.3) is 0 Å². The van der Waals surface area contributed by atoms with Gasteiger partial charge in [0.15, 0.2) is 11.9 Å². The second-order valence-corrected chi connectivity index (χ2v) is 4.59. The molecule has 2 rings (SSSR count). The molecular weight excluding hydrogens is 256 g/mol. The van der Waals surface area contributed by atoms with Gasteiger partial charge < -0.3 is 9.26 Å². The van der Waals surface area contributed by atoms with Crippen LogP contribution in [0.1, 0.15) is 43.7 Å². The molecule has 0 saturated carbocycles. The summed E-state index contributed by atoms with van der Waals surface area (Å²) in [5, 5.41) is 3.84. The Hall–Kier alpha value is -2.17. The number of hydrogen-bond donors (Lipinski definition) is 0. The lowest BCUT2D eigenvalue weighted by atomic mass is 10.1. The van der Waals surface area contributed by atoms with Crippen LogP contribution in [0.5, 0.6) is 0 Å². The minimum atomic E-state index is -0.524. The van der Waals surface area contributed by atoms with Crippen molar-refractivity contribution in [3.8, 4) is 0 Å². The highest BCUT2D eigenvalue weighted by molar-refractivity contribution is 5.72. The first-order valence-electron chi connectivity index (χ1n) is 6.75. The molecule has 0 aliphatic carbocycles. The Morgan fingerprint density at radius 3 is 2.80 bits per heavy atom. The molecule has 1 atom stereocenters. The highest BCUT2D eigenvalue weighted by Gasteiger charge is 2.18. The Labute approximate surface area is 118 Å². The minimum Gasteiger partial charge on any atom is -0.452 e. The summed E-state index contributed by atoms with van der Waals surface area (Å²) in [6.45, 7) is 3.77. The number of hydrogen-bond acceptors (Lipinski definition) is 5. The Morgan fingerprint density at radius 2 is 2.10 bits per heavy atom. The number of aromatic nitrogens is 2. The number of benzene rings is 1. The van der Waals surface area contributed by atoms with Gasteiger partial charge in [0.25, 0.3) is 5.89 Å². The molecule has 0 bridgehead atoms. The predicted molar refractivity (Wildman–Crippen MR) is 72.9 cm³/mol. The van der Waals surface area contributed by atoms with Crippen LogP contribution in [0.2, 0.25) is 0 Å². The van der Waals surface area contributed by atoms with Crippen molar-refractivity contribution in [3.63, 3.8) is 0 Å². The molecule has 0 fully saturated rings. The highest BCUT2D eigenvalue weighted by atomic mass is 16.6. The zero-order valence-electron chi connectivity index (χ0n) is 11.7. The SMILES string of the molecule is CCCc1noc(C(C)OC(=O)Cc2ccccc2)n1. The van der Waals surface area contributed by atoms with Crippen LogP contribution in [0.4, 0.5) is 0 Å². The first-order valence-corrected chi connectivity index (χ1v) is 6.75. The van der Waals surface area contributed by atoms with Gasteiger partial charge in [-0.2, -0.15) is 4.98 Å². The van der Waals surface area contributed by atoms with Crippen molar-refractivity contribution in [3.05, 3.63) is 47.6 Å². The number of carbonyl (C=O) groups is 1. The molecule has 1 aromatic heterocycles. The molecule has 0 aliphatic rings. The van der Waals surface area contributed by atoms with Gasteiger partial charge in [-0.1, -0.05) is 42.4 Å². The Bertz CT molecular complexity index is 551. The molecule has 0 aliphatic heterocycles. The fraction of sp³-hybridized carbons (Fsp3) is 0.400. The lowest BCUT2D eigenvalue weighted by molar-refractivity contribution is -0.148. The number of ether oxygens (including phenoxy) is 1. The van der Waals surface area contributed by atoms with Gasteiger partial charge in [0.05, 0.1) is 6.42 Å². The summed E-state index contributed by atoms with van der Waals surface area (Å²) >= 11 is 0. The summed E-state index contributed by atoms with van der Waals surface area (Å²) in [5.74, 6) is 0.683. The lowest BCUT2D eigenvalue weighted by Crippen LogP contribution is -2.11. The maximum absolute atomic E-state index is 11.8. The van der Waals surface area contributed by atoms with E-state index in [1.54, 1.807) is 6.92 Å². The van der Waals surface area contributed by atoms with Crippen molar-refractivity contribution in [2.75, 3.05) is 0 Å². The quantitative estimate of drug-likeness (QED) is 0.758. The zero-order valence-corrected chi connectivity index (χ0v) is 11.7. The van der Waals surface area contributed by atoms with E-state index < -0.39 is 6.10 Å².